The van der Waals surface area contributed by atoms with E-state index in [0.29, 0.717) is 0 Å². The second-order valence-corrected chi connectivity index (χ2v) is 5.22. The molecular formula is C10H13P. The van der Waals surface area contributed by atoms with Gasteiger partial charge in [-0.3, -0.25) is 0 Å². The first kappa shape index (κ1) is 7.31. The highest BCUT2D eigenvalue weighted by molar-refractivity contribution is 7.48. The summed E-state index contributed by atoms with van der Waals surface area (Å²) < 4.78 is 0. The predicted octanol–water partition coefficient (Wildman–Crippen LogP) is 2.24. The molecule has 0 aliphatic carbocycles. The largest absolute Gasteiger partial charge is 0.0868 e. The van der Waals surface area contributed by atoms with Gasteiger partial charge in [-0.1, -0.05) is 39.3 Å². The molecule has 0 nitrogen and oxygen atoms in total. The zero-order valence-corrected chi connectivity index (χ0v) is 8.02. The van der Waals surface area contributed by atoms with E-state index in [1.54, 1.807) is 10.9 Å². The van der Waals surface area contributed by atoms with E-state index in [2.05, 4.69) is 32.0 Å². The molecule has 0 fully saturated rings. The van der Waals surface area contributed by atoms with Crippen LogP contribution >= 0.6 is 8.58 Å². The molecule has 0 aromatic heterocycles. The fourth-order valence-electron chi connectivity index (χ4n) is 1.68. The van der Waals surface area contributed by atoms with Crippen molar-refractivity contribution in [3.63, 3.8) is 0 Å². The molecule has 1 aliphatic heterocycles. The molecule has 1 aromatic carbocycles. The van der Waals surface area contributed by atoms with E-state index in [-0.39, 0.29) is 0 Å². The monoisotopic (exact) mass is 164 g/mol. The van der Waals surface area contributed by atoms with Crippen molar-refractivity contribution in [2.45, 2.75) is 25.9 Å². The molecule has 0 spiro atoms. The lowest BCUT2D eigenvalue weighted by molar-refractivity contribution is 0.964. The molecular weight excluding hydrogens is 151 g/mol. The molecule has 2 unspecified atom stereocenters. The minimum absolute atomic E-state index is 0.895. The molecule has 1 heterocycles. The Hall–Kier alpha value is -0.350. The Bertz CT molecular complexity index is 278. The van der Waals surface area contributed by atoms with Crippen molar-refractivity contribution >= 4 is 13.9 Å². The van der Waals surface area contributed by atoms with Crippen LogP contribution < -0.4 is 5.30 Å². The molecule has 0 amide bonds. The molecule has 1 aromatic rings. The van der Waals surface area contributed by atoms with Crippen molar-refractivity contribution < 1.29 is 0 Å². The molecule has 0 N–H and O–H groups in total. The number of fused-ring (bicyclic) bond motifs is 1. The van der Waals surface area contributed by atoms with Gasteiger partial charge < -0.3 is 0 Å². The van der Waals surface area contributed by atoms with E-state index in [0.717, 1.165) is 14.2 Å². The van der Waals surface area contributed by atoms with Crippen molar-refractivity contribution in [3.8, 4) is 0 Å². The topological polar surface area (TPSA) is 0 Å². The van der Waals surface area contributed by atoms with Gasteiger partial charge in [0.05, 0.1) is 0 Å². The first-order valence-corrected chi connectivity index (χ1v) is 5.19. The maximum absolute atomic E-state index is 2.34. The minimum atomic E-state index is 0.895. The van der Waals surface area contributed by atoms with Gasteiger partial charge in [0.2, 0.25) is 0 Å². The summed E-state index contributed by atoms with van der Waals surface area (Å²) >= 11 is 0. The zero-order chi connectivity index (χ0) is 7.84. The fraction of sp³-hybridized carbons (Fsp3) is 0.400. The fourth-order valence-corrected chi connectivity index (χ4v) is 3.07. The van der Waals surface area contributed by atoms with Crippen molar-refractivity contribution in [3.05, 3.63) is 29.3 Å². The predicted molar refractivity (Wildman–Crippen MR) is 52.3 cm³/mol. The summed E-state index contributed by atoms with van der Waals surface area (Å²) in [5, 5.41) is 1.60. The molecule has 2 atom stereocenters. The first-order valence-electron chi connectivity index (χ1n) is 4.12. The Balaban J connectivity index is 2.43. The van der Waals surface area contributed by atoms with Crippen molar-refractivity contribution in [2.24, 2.45) is 0 Å². The molecule has 0 radical (unpaired) electrons. The SMILES string of the molecule is Cc1ccc2c(c1)CC(C)P2. The van der Waals surface area contributed by atoms with Crippen LogP contribution in [-0.4, -0.2) is 5.66 Å². The molecule has 0 saturated heterocycles. The molecule has 2 rings (SSSR count). The molecule has 0 saturated carbocycles. The van der Waals surface area contributed by atoms with Gasteiger partial charge in [-0.25, -0.2) is 0 Å². The number of hydrogen-bond donors (Lipinski definition) is 0. The Kier molecular flexibility index (Phi) is 1.73. The third kappa shape index (κ3) is 1.32. The minimum Gasteiger partial charge on any atom is -0.0868 e. The van der Waals surface area contributed by atoms with Crippen LogP contribution in [-0.2, 0) is 6.42 Å². The summed E-state index contributed by atoms with van der Waals surface area (Å²) in [6.07, 6.45) is 1.30. The van der Waals surface area contributed by atoms with Crippen molar-refractivity contribution in [2.75, 3.05) is 0 Å². The Morgan fingerprint density at radius 3 is 3.09 bits per heavy atom. The van der Waals surface area contributed by atoms with Gasteiger partial charge in [0.15, 0.2) is 0 Å². The van der Waals surface area contributed by atoms with Crippen LogP contribution in [0.4, 0.5) is 0 Å². The van der Waals surface area contributed by atoms with Crippen LogP contribution in [0, 0.1) is 6.92 Å². The number of benzene rings is 1. The van der Waals surface area contributed by atoms with Gasteiger partial charge in [0.25, 0.3) is 0 Å². The molecule has 58 valence electrons. The number of aryl methyl sites for hydroxylation is 1. The van der Waals surface area contributed by atoms with Gasteiger partial charge >= 0.3 is 0 Å². The second-order valence-electron chi connectivity index (χ2n) is 3.41. The summed E-state index contributed by atoms with van der Waals surface area (Å²) in [7, 11) is 1.05. The summed E-state index contributed by atoms with van der Waals surface area (Å²) in [5.41, 5.74) is 3.89. The molecule has 1 aliphatic rings. The normalized spacial score (nSPS) is 24.0. The van der Waals surface area contributed by atoms with Crippen LogP contribution in [0.2, 0.25) is 0 Å². The third-order valence-corrected chi connectivity index (χ3v) is 3.68. The Morgan fingerprint density at radius 2 is 2.27 bits per heavy atom. The van der Waals surface area contributed by atoms with Crippen molar-refractivity contribution in [1.82, 2.24) is 0 Å². The van der Waals surface area contributed by atoms with Crippen LogP contribution in [0.5, 0.6) is 0 Å². The lowest BCUT2D eigenvalue weighted by atomic mass is 10.1. The van der Waals surface area contributed by atoms with E-state index in [1.807, 2.05) is 0 Å². The lowest BCUT2D eigenvalue weighted by Crippen LogP contribution is -1.96. The number of rotatable bonds is 0. The highest BCUT2D eigenvalue weighted by Crippen LogP contribution is 2.30. The van der Waals surface area contributed by atoms with Crippen LogP contribution in [0.15, 0.2) is 18.2 Å². The zero-order valence-electron chi connectivity index (χ0n) is 7.02. The van der Waals surface area contributed by atoms with Crippen LogP contribution in [0.3, 0.4) is 0 Å². The average Bonchev–Trinajstić information content (AvgIpc) is 2.27. The van der Waals surface area contributed by atoms with E-state index < -0.39 is 0 Å². The van der Waals surface area contributed by atoms with E-state index in [4.69, 9.17) is 0 Å². The van der Waals surface area contributed by atoms with Gasteiger partial charge in [-0.2, -0.15) is 0 Å². The summed E-state index contributed by atoms with van der Waals surface area (Å²) in [6.45, 7) is 4.51. The van der Waals surface area contributed by atoms with Gasteiger partial charge in [0, 0.05) is 0 Å². The quantitative estimate of drug-likeness (QED) is 0.516. The highest BCUT2D eigenvalue weighted by Gasteiger charge is 2.16. The van der Waals surface area contributed by atoms with E-state index in [9.17, 15) is 0 Å². The van der Waals surface area contributed by atoms with Crippen LogP contribution in [0.25, 0.3) is 0 Å². The average molecular weight is 164 g/mol. The van der Waals surface area contributed by atoms with E-state index >= 15 is 0 Å². The maximum atomic E-state index is 2.34. The third-order valence-electron chi connectivity index (χ3n) is 2.19. The Labute approximate surface area is 69.8 Å². The lowest BCUT2D eigenvalue weighted by Gasteiger charge is -1.97. The maximum Gasteiger partial charge on any atom is -0.0184 e. The van der Waals surface area contributed by atoms with Crippen LogP contribution in [0.1, 0.15) is 18.1 Å². The summed E-state index contributed by atoms with van der Waals surface area (Å²) in [5.74, 6) is 0. The summed E-state index contributed by atoms with van der Waals surface area (Å²) in [4.78, 5) is 0. The van der Waals surface area contributed by atoms with Gasteiger partial charge in [-0.15, -0.1) is 0 Å². The van der Waals surface area contributed by atoms with Crippen molar-refractivity contribution in [1.29, 1.82) is 0 Å². The van der Waals surface area contributed by atoms with E-state index in [1.165, 1.54) is 12.0 Å². The molecule has 11 heavy (non-hydrogen) atoms. The van der Waals surface area contributed by atoms with Gasteiger partial charge in [-0.05, 0) is 29.9 Å². The molecule has 1 heteroatoms. The second kappa shape index (κ2) is 2.60. The Morgan fingerprint density at radius 1 is 1.45 bits per heavy atom. The molecule has 0 bridgehead atoms. The first-order chi connectivity index (χ1) is 5.25. The smallest absolute Gasteiger partial charge is 0.0184 e. The van der Waals surface area contributed by atoms with Gasteiger partial charge in [0.1, 0.15) is 0 Å². The standard InChI is InChI=1S/C10H13P/c1-7-3-4-10-9(5-7)6-8(2)11-10/h3-5,8,11H,6H2,1-2H3. The summed E-state index contributed by atoms with van der Waals surface area (Å²) in [6, 6.07) is 6.86. The highest BCUT2D eigenvalue weighted by atomic mass is 31.1. The number of hydrogen-bond acceptors (Lipinski definition) is 0.